The molecule has 124 valence electrons. The number of anilines is 1. The molecular formula is C17H21NO4S. The van der Waals surface area contributed by atoms with Crippen LogP contribution >= 0.6 is 0 Å². The molecule has 5 nitrogen and oxygen atoms in total. The molecule has 0 fully saturated rings. The van der Waals surface area contributed by atoms with Gasteiger partial charge in [0.15, 0.2) is 0 Å². The SMILES string of the molecule is COc1cc(C)c(C(C)C)cc1S(=O)(=O)Nc1cccc(O)c1. The van der Waals surface area contributed by atoms with Gasteiger partial charge in [0, 0.05) is 6.07 Å². The first-order chi connectivity index (χ1) is 10.7. The first kappa shape index (κ1) is 17.1. The van der Waals surface area contributed by atoms with E-state index >= 15 is 0 Å². The van der Waals surface area contributed by atoms with Crippen molar-refractivity contribution in [3.63, 3.8) is 0 Å². The number of aryl methyl sites for hydroxylation is 1. The second-order valence-electron chi connectivity index (χ2n) is 5.67. The van der Waals surface area contributed by atoms with Crippen LogP contribution in [0.3, 0.4) is 0 Å². The largest absolute Gasteiger partial charge is 0.508 e. The number of rotatable bonds is 5. The quantitative estimate of drug-likeness (QED) is 0.875. The number of methoxy groups -OCH3 is 1. The maximum absolute atomic E-state index is 12.7. The molecule has 0 aliphatic heterocycles. The van der Waals surface area contributed by atoms with Crippen molar-refractivity contribution < 1.29 is 18.3 Å². The number of ether oxygens (including phenoxy) is 1. The maximum atomic E-state index is 12.7. The van der Waals surface area contributed by atoms with E-state index in [9.17, 15) is 13.5 Å². The summed E-state index contributed by atoms with van der Waals surface area (Å²) in [5, 5.41) is 9.48. The topological polar surface area (TPSA) is 75.6 Å². The molecule has 0 unspecified atom stereocenters. The zero-order valence-corrected chi connectivity index (χ0v) is 14.4. The van der Waals surface area contributed by atoms with E-state index in [-0.39, 0.29) is 16.6 Å². The zero-order chi connectivity index (χ0) is 17.2. The Morgan fingerprint density at radius 2 is 1.87 bits per heavy atom. The van der Waals surface area contributed by atoms with E-state index in [1.807, 2.05) is 20.8 Å². The van der Waals surface area contributed by atoms with Crippen LogP contribution in [0.5, 0.6) is 11.5 Å². The molecule has 0 aliphatic carbocycles. The number of phenolic OH excluding ortho intramolecular Hbond substituents is 1. The van der Waals surface area contributed by atoms with Crippen LogP contribution in [0, 0.1) is 6.92 Å². The third-order valence-corrected chi connectivity index (χ3v) is 4.96. The van der Waals surface area contributed by atoms with Gasteiger partial charge in [-0.25, -0.2) is 8.42 Å². The highest BCUT2D eigenvalue weighted by Crippen LogP contribution is 2.32. The number of hydrogen-bond donors (Lipinski definition) is 2. The van der Waals surface area contributed by atoms with E-state index < -0.39 is 10.0 Å². The lowest BCUT2D eigenvalue weighted by Crippen LogP contribution is -2.15. The lowest BCUT2D eigenvalue weighted by Gasteiger charge is -2.17. The van der Waals surface area contributed by atoms with Crippen molar-refractivity contribution in [2.45, 2.75) is 31.6 Å². The molecule has 0 aliphatic rings. The summed E-state index contributed by atoms with van der Waals surface area (Å²) in [7, 11) is -2.39. The van der Waals surface area contributed by atoms with Crippen molar-refractivity contribution in [2.75, 3.05) is 11.8 Å². The molecule has 2 N–H and O–H groups in total. The molecule has 2 aromatic rings. The molecule has 0 radical (unpaired) electrons. The number of aromatic hydroxyl groups is 1. The van der Waals surface area contributed by atoms with Crippen LogP contribution in [0.4, 0.5) is 5.69 Å². The second-order valence-corrected chi connectivity index (χ2v) is 7.32. The summed E-state index contributed by atoms with van der Waals surface area (Å²) in [5.74, 6) is 0.471. The molecule has 0 saturated heterocycles. The summed E-state index contributed by atoms with van der Waals surface area (Å²) >= 11 is 0. The fraction of sp³-hybridized carbons (Fsp3) is 0.294. The van der Waals surface area contributed by atoms with Crippen LogP contribution in [-0.4, -0.2) is 20.6 Å². The van der Waals surface area contributed by atoms with Gasteiger partial charge in [-0.1, -0.05) is 19.9 Å². The predicted molar refractivity (Wildman–Crippen MR) is 90.7 cm³/mol. The van der Waals surface area contributed by atoms with Crippen molar-refractivity contribution in [1.82, 2.24) is 0 Å². The molecular weight excluding hydrogens is 314 g/mol. The Morgan fingerprint density at radius 3 is 2.43 bits per heavy atom. The minimum absolute atomic E-state index is 0.0102. The standard InChI is InChI=1S/C17H21NO4S/c1-11(2)15-10-17(16(22-4)8-12(15)3)23(20,21)18-13-6-5-7-14(19)9-13/h5-11,18-19H,1-4H3. The van der Waals surface area contributed by atoms with Gasteiger partial charge in [0.1, 0.15) is 16.4 Å². The predicted octanol–water partition coefficient (Wildman–Crippen LogP) is 3.63. The monoisotopic (exact) mass is 335 g/mol. The first-order valence-electron chi connectivity index (χ1n) is 7.25. The highest BCUT2D eigenvalue weighted by Gasteiger charge is 2.22. The summed E-state index contributed by atoms with van der Waals surface area (Å²) in [4.78, 5) is 0.0812. The van der Waals surface area contributed by atoms with Crippen molar-refractivity contribution in [2.24, 2.45) is 0 Å². The van der Waals surface area contributed by atoms with E-state index in [1.165, 1.54) is 19.2 Å². The van der Waals surface area contributed by atoms with Crippen LogP contribution in [0.15, 0.2) is 41.3 Å². The Bertz CT molecular complexity index is 813. The van der Waals surface area contributed by atoms with Crippen molar-refractivity contribution >= 4 is 15.7 Å². The Morgan fingerprint density at radius 1 is 1.17 bits per heavy atom. The number of benzene rings is 2. The molecule has 23 heavy (non-hydrogen) atoms. The Labute approximate surface area is 137 Å². The van der Waals surface area contributed by atoms with Crippen LogP contribution in [-0.2, 0) is 10.0 Å². The van der Waals surface area contributed by atoms with Gasteiger partial charge in [-0.3, -0.25) is 4.72 Å². The maximum Gasteiger partial charge on any atom is 0.265 e. The molecule has 2 aromatic carbocycles. The summed E-state index contributed by atoms with van der Waals surface area (Å²) in [6, 6.07) is 9.33. The lowest BCUT2D eigenvalue weighted by atomic mass is 9.98. The van der Waals surface area contributed by atoms with Crippen LogP contribution in [0.25, 0.3) is 0 Å². The number of nitrogens with one attached hydrogen (secondary N) is 1. The van der Waals surface area contributed by atoms with Gasteiger partial charge in [0.25, 0.3) is 10.0 Å². The van der Waals surface area contributed by atoms with Gasteiger partial charge in [0.2, 0.25) is 0 Å². The molecule has 0 spiro atoms. The van der Waals surface area contributed by atoms with Crippen LogP contribution in [0.1, 0.15) is 30.9 Å². The molecule has 2 rings (SSSR count). The fourth-order valence-electron chi connectivity index (χ4n) is 2.45. The second kappa shape index (κ2) is 6.50. The average molecular weight is 335 g/mol. The fourth-order valence-corrected chi connectivity index (χ4v) is 3.68. The van der Waals surface area contributed by atoms with Gasteiger partial charge in [-0.15, -0.1) is 0 Å². The molecule has 0 atom stereocenters. The summed E-state index contributed by atoms with van der Waals surface area (Å²) in [6.07, 6.45) is 0. The smallest absolute Gasteiger partial charge is 0.265 e. The van der Waals surface area contributed by atoms with Gasteiger partial charge >= 0.3 is 0 Å². The Balaban J connectivity index is 2.52. The van der Waals surface area contributed by atoms with Crippen molar-refractivity contribution in [1.29, 1.82) is 0 Å². The summed E-state index contributed by atoms with van der Waals surface area (Å²) in [5.41, 5.74) is 2.22. The van der Waals surface area contributed by atoms with Gasteiger partial charge in [-0.2, -0.15) is 0 Å². The van der Waals surface area contributed by atoms with Gasteiger partial charge in [0.05, 0.1) is 12.8 Å². The third kappa shape index (κ3) is 3.76. The average Bonchev–Trinajstić information content (AvgIpc) is 2.45. The van der Waals surface area contributed by atoms with E-state index in [0.717, 1.165) is 11.1 Å². The normalized spacial score (nSPS) is 11.5. The van der Waals surface area contributed by atoms with Crippen LogP contribution in [0.2, 0.25) is 0 Å². The zero-order valence-electron chi connectivity index (χ0n) is 13.6. The molecule has 0 amide bonds. The van der Waals surface area contributed by atoms with Gasteiger partial charge < -0.3 is 9.84 Å². The van der Waals surface area contributed by atoms with Crippen LogP contribution < -0.4 is 9.46 Å². The van der Waals surface area contributed by atoms with E-state index in [4.69, 9.17) is 4.74 Å². The summed E-state index contributed by atoms with van der Waals surface area (Å²) in [6.45, 7) is 5.94. The third-order valence-electron chi connectivity index (χ3n) is 3.56. The van der Waals surface area contributed by atoms with Crippen molar-refractivity contribution in [3.8, 4) is 11.5 Å². The molecule has 0 saturated carbocycles. The lowest BCUT2D eigenvalue weighted by molar-refractivity contribution is 0.402. The molecule has 0 heterocycles. The highest BCUT2D eigenvalue weighted by molar-refractivity contribution is 7.92. The minimum Gasteiger partial charge on any atom is -0.508 e. The van der Waals surface area contributed by atoms with Gasteiger partial charge in [-0.05, 0) is 48.2 Å². The molecule has 0 aromatic heterocycles. The van der Waals surface area contributed by atoms with E-state index in [1.54, 1.807) is 24.3 Å². The molecule has 6 heteroatoms. The number of sulfonamides is 1. The van der Waals surface area contributed by atoms with E-state index in [2.05, 4.69) is 4.72 Å². The van der Waals surface area contributed by atoms with E-state index in [0.29, 0.717) is 11.4 Å². The number of hydrogen-bond acceptors (Lipinski definition) is 4. The highest BCUT2D eigenvalue weighted by atomic mass is 32.2. The number of phenols is 1. The summed E-state index contributed by atoms with van der Waals surface area (Å²) < 4.78 is 33.1. The van der Waals surface area contributed by atoms with Crippen molar-refractivity contribution in [3.05, 3.63) is 47.5 Å². The Hall–Kier alpha value is -2.21. The first-order valence-corrected chi connectivity index (χ1v) is 8.73. The molecule has 0 bridgehead atoms. The minimum atomic E-state index is -3.83. The Kier molecular flexibility index (Phi) is 4.85.